The smallest absolute Gasteiger partial charge is 0.0593 e. The van der Waals surface area contributed by atoms with Crippen LogP contribution in [0.2, 0.25) is 0 Å². The second-order valence-electron chi connectivity index (χ2n) is 7.02. The summed E-state index contributed by atoms with van der Waals surface area (Å²) in [5.41, 5.74) is 0.226. The number of ether oxygens (including phenoxy) is 1. The molecule has 1 fully saturated rings. The summed E-state index contributed by atoms with van der Waals surface area (Å²) in [6, 6.07) is 0.640. The van der Waals surface area contributed by atoms with Gasteiger partial charge in [0.15, 0.2) is 0 Å². The van der Waals surface area contributed by atoms with Gasteiger partial charge in [-0.3, -0.25) is 4.90 Å². The summed E-state index contributed by atoms with van der Waals surface area (Å²) in [5.74, 6) is 1.32. The van der Waals surface area contributed by atoms with Crippen LogP contribution in [0.15, 0.2) is 0 Å². The average Bonchev–Trinajstić information content (AvgIpc) is 2.22. The molecule has 108 valence electrons. The summed E-state index contributed by atoms with van der Waals surface area (Å²) in [7, 11) is 0. The molecule has 0 aromatic heterocycles. The Hall–Kier alpha value is -0.120. The number of rotatable bonds is 6. The molecule has 1 unspecified atom stereocenters. The maximum absolute atomic E-state index is 5.73. The van der Waals surface area contributed by atoms with Crippen LogP contribution in [0.1, 0.15) is 41.5 Å². The minimum Gasteiger partial charge on any atom is -0.380 e. The van der Waals surface area contributed by atoms with E-state index >= 15 is 0 Å². The van der Waals surface area contributed by atoms with Crippen LogP contribution in [0.5, 0.6) is 0 Å². The van der Waals surface area contributed by atoms with Gasteiger partial charge in [0.2, 0.25) is 0 Å². The molecular weight excluding hydrogens is 224 g/mol. The van der Waals surface area contributed by atoms with E-state index in [1.807, 2.05) is 0 Å². The van der Waals surface area contributed by atoms with Crippen molar-refractivity contribution in [3.8, 4) is 0 Å². The first-order valence-corrected chi connectivity index (χ1v) is 7.38. The molecule has 1 heterocycles. The molecule has 1 N–H and O–H groups in total. The van der Waals surface area contributed by atoms with Crippen molar-refractivity contribution in [2.75, 3.05) is 32.8 Å². The molecule has 3 nitrogen and oxygen atoms in total. The highest BCUT2D eigenvalue weighted by atomic mass is 16.5. The van der Waals surface area contributed by atoms with E-state index in [-0.39, 0.29) is 5.54 Å². The van der Waals surface area contributed by atoms with E-state index in [0.717, 1.165) is 32.8 Å². The Labute approximate surface area is 113 Å². The number of hydrogen-bond donors (Lipinski definition) is 1. The van der Waals surface area contributed by atoms with Crippen LogP contribution in [0.4, 0.5) is 0 Å². The van der Waals surface area contributed by atoms with Crippen molar-refractivity contribution in [2.24, 2.45) is 11.8 Å². The molecule has 0 radical (unpaired) electrons. The lowest BCUT2D eigenvalue weighted by Crippen LogP contribution is -2.63. The van der Waals surface area contributed by atoms with Crippen molar-refractivity contribution < 1.29 is 4.74 Å². The monoisotopic (exact) mass is 256 g/mol. The fourth-order valence-electron chi connectivity index (χ4n) is 2.59. The van der Waals surface area contributed by atoms with Gasteiger partial charge in [-0.1, -0.05) is 27.7 Å². The minimum atomic E-state index is 0.226. The van der Waals surface area contributed by atoms with Crippen LogP contribution in [0, 0.1) is 11.8 Å². The third-order valence-corrected chi connectivity index (χ3v) is 3.60. The highest BCUT2D eigenvalue weighted by molar-refractivity contribution is 4.93. The van der Waals surface area contributed by atoms with Crippen LogP contribution >= 0.6 is 0 Å². The van der Waals surface area contributed by atoms with Crippen molar-refractivity contribution in [3.05, 3.63) is 0 Å². The third-order valence-electron chi connectivity index (χ3n) is 3.60. The first kappa shape index (κ1) is 15.9. The molecule has 3 heteroatoms. The molecular formula is C15H32N2O. The average molecular weight is 256 g/mol. The second-order valence-corrected chi connectivity index (χ2v) is 7.02. The Balaban J connectivity index is 2.41. The molecule has 0 aromatic rings. The highest BCUT2D eigenvalue weighted by Gasteiger charge is 2.33. The van der Waals surface area contributed by atoms with Gasteiger partial charge in [0.1, 0.15) is 0 Å². The van der Waals surface area contributed by atoms with Gasteiger partial charge in [-0.05, 0) is 25.7 Å². The topological polar surface area (TPSA) is 24.5 Å². The Morgan fingerprint density at radius 2 is 1.94 bits per heavy atom. The molecule has 0 aliphatic carbocycles. The molecule has 18 heavy (non-hydrogen) atoms. The molecule has 1 atom stereocenters. The van der Waals surface area contributed by atoms with Crippen LogP contribution in [-0.2, 0) is 4.74 Å². The van der Waals surface area contributed by atoms with Gasteiger partial charge in [0.05, 0.1) is 6.61 Å². The number of nitrogens with zero attached hydrogens (tertiary/aromatic N) is 1. The number of hydrogen-bond acceptors (Lipinski definition) is 3. The van der Waals surface area contributed by atoms with Crippen molar-refractivity contribution in [2.45, 2.75) is 53.1 Å². The van der Waals surface area contributed by atoms with Crippen LogP contribution in [0.25, 0.3) is 0 Å². The van der Waals surface area contributed by atoms with E-state index in [2.05, 4.69) is 51.8 Å². The second kappa shape index (κ2) is 6.88. The van der Waals surface area contributed by atoms with Gasteiger partial charge in [0.25, 0.3) is 0 Å². The quantitative estimate of drug-likeness (QED) is 0.738. The van der Waals surface area contributed by atoms with Gasteiger partial charge >= 0.3 is 0 Å². The lowest BCUT2D eigenvalue weighted by Gasteiger charge is -2.46. The lowest BCUT2D eigenvalue weighted by molar-refractivity contribution is 0.0280. The Morgan fingerprint density at radius 1 is 1.28 bits per heavy atom. The normalized spacial score (nSPS) is 25.0. The van der Waals surface area contributed by atoms with E-state index in [1.165, 1.54) is 0 Å². The molecule has 1 saturated heterocycles. The maximum atomic E-state index is 5.73. The molecule has 0 bridgehead atoms. The van der Waals surface area contributed by atoms with Crippen LogP contribution in [0.3, 0.4) is 0 Å². The molecule has 1 aliphatic rings. The Kier molecular flexibility index (Phi) is 6.09. The SMILES string of the molecule is CC(C)COCCN1CC(C)(C)NCC1C(C)C. The summed E-state index contributed by atoms with van der Waals surface area (Å²) >= 11 is 0. The van der Waals surface area contributed by atoms with Gasteiger partial charge < -0.3 is 10.1 Å². The number of piperazine rings is 1. The minimum absolute atomic E-state index is 0.226. The van der Waals surface area contributed by atoms with E-state index in [4.69, 9.17) is 4.74 Å². The summed E-state index contributed by atoms with van der Waals surface area (Å²) in [4.78, 5) is 2.60. The maximum Gasteiger partial charge on any atom is 0.0593 e. The summed E-state index contributed by atoms with van der Waals surface area (Å²) < 4.78 is 5.73. The predicted octanol–water partition coefficient (Wildman–Crippen LogP) is 2.37. The molecule has 0 spiro atoms. The van der Waals surface area contributed by atoms with E-state index in [0.29, 0.717) is 17.9 Å². The lowest BCUT2D eigenvalue weighted by atomic mass is 9.93. The van der Waals surface area contributed by atoms with Crippen molar-refractivity contribution in [1.82, 2.24) is 10.2 Å². The highest BCUT2D eigenvalue weighted by Crippen LogP contribution is 2.19. The van der Waals surface area contributed by atoms with Crippen molar-refractivity contribution in [3.63, 3.8) is 0 Å². The standard InChI is InChI=1S/C15H32N2O/c1-12(2)10-18-8-7-17-11-15(5,6)16-9-14(17)13(3)4/h12-14,16H,7-11H2,1-6H3. The van der Waals surface area contributed by atoms with E-state index in [9.17, 15) is 0 Å². The predicted molar refractivity (Wildman–Crippen MR) is 77.9 cm³/mol. The van der Waals surface area contributed by atoms with Crippen LogP contribution in [-0.4, -0.2) is 49.3 Å². The fourth-order valence-corrected chi connectivity index (χ4v) is 2.59. The van der Waals surface area contributed by atoms with Gasteiger partial charge in [-0.2, -0.15) is 0 Å². The molecule has 0 amide bonds. The van der Waals surface area contributed by atoms with Gasteiger partial charge in [0, 0.05) is 37.8 Å². The first-order chi connectivity index (χ1) is 8.32. The largest absolute Gasteiger partial charge is 0.380 e. The van der Waals surface area contributed by atoms with Crippen molar-refractivity contribution >= 4 is 0 Å². The van der Waals surface area contributed by atoms with Crippen LogP contribution < -0.4 is 5.32 Å². The molecule has 1 rings (SSSR count). The fraction of sp³-hybridized carbons (Fsp3) is 1.00. The van der Waals surface area contributed by atoms with Crippen molar-refractivity contribution in [1.29, 1.82) is 0 Å². The third kappa shape index (κ3) is 5.25. The Morgan fingerprint density at radius 3 is 2.50 bits per heavy atom. The van der Waals surface area contributed by atoms with Gasteiger partial charge in [-0.25, -0.2) is 0 Å². The zero-order valence-electron chi connectivity index (χ0n) is 13.1. The molecule has 0 saturated carbocycles. The summed E-state index contributed by atoms with van der Waals surface area (Å²) in [6.45, 7) is 18.6. The van der Waals surface area contributed by atoms with Gasteiger partial charge in [-0.15, -0.1) is 0 Å². The molecule has 0 aromatic carbocycles. The van der Waals surface area contributed by atoms with E-state index < -0.39 is 0 Å². The number of nitrogens with one attached hydrogen (secondary N) is 1. The first-order valence-electron chi connectivity index (χ1n) is 7.38. The zero-order chi connectivity index (χ0) is 13.8. The Bertz CT molecular complexity index is 239. The van der Waals surface area contributed by atoms with E-state index in [1.54, 1.807) is 0 Å². The summed E-state index contributed by atoms with van der Waals surface area (Å²) in [6.07, 6.45) is 0. The summed E-state index contributed by atoms with van der Waals surface area (Å²) in [5, 5.41) is 3.65. The molecule has 1 aliphatic heterocycles. The zero-order valence-corrected chi connectivity index (χ0v) is 13.1.